The monoisotopic (exact) mass is 284 g/mol. The van der Waals surface area contributed by atoms with Crippen LogP contribution in [0.1, 0.15) is 33.6 Å². The minimum atomic E-state index is -1.73. The van der Waals surface area contributed by atoms with Crippen molar-refractivity contribution in [1.82, 2.24) is 0 Å². The van der Waals surface area contributed by atoms with Crippen LogP contribution in [0.15, 0.2) is 25.3 Å². The lowest BCUT2D eigenvalue weighted by Crippen LogP contribution is -2.41. The van der Waals surface area contributed by atoms with E-state index in [2.05, 4.69) is 47.0 Å². The fourth-order valence-corrected chi connectivity index (χ4v) is 2.35. The van der Waals surface area contributed by atoms with Crippen LogP contribution < -0.4 is 0 Å². The Bertz CT molecular complexity index is 316. The predicted molar refractivity (Wildman–Crippen MR) is 82.7 cm³/mol. The topological polar surface area (TPSA) is 35.5 Å². The van der Waals surface area contributed by atoms with Crippen molar-refractivity contribution in [2.24, 2.45) is 0 Å². The Hall–Kier alpha value is -0.873. The maximum Gasteiger partial charge on any atom is 0.330 e. The Morgan fingerprint density at radius 2 is 1.89 bits per heavy atom. The Morgan fingerprint density at radius 3 is 2.32 bits per heavy atom. The van der Waals surface area contributed by atoms with Crippen LogP contribution >= 0.6 is 0 Å². The van der Waals surface area contributed by atoms with E-state index in [0.717, 1.165) is 0 Å². The lowest BCUT2D eigenvalue weighted by atomic mass is 10.2. The molecule has 0 bridgehead atoms. The van der Waals surface area contributed by atoms with Crippen LogP contribution in [0.4, 0.5) is 0 Å². The van der Waals surface area contributed by atoms with Crippen molar-refractivity contribution in [3.05, 3.63) is 25.3 Å². The molecule has 110 valence electrons. The number of ether oxygens (including phenoxy) is 1. The van der Waals surface area contributed by atoms with Gasteiger partial charge in [0.15, 0.2) is 8.32 Å². The summed E-state index contributed by atoms with van der Waals surface area (Å²) in [5.41, 5.74) is 0. The summed E-state index contributed by atoms with van der Waals surface area (Å²) in [5, 5.41) is 0.193. The average Bonchev–Trinajstić information content (AvgIpc) is 2.27. The van der Waals surface area contributed by atoms with Crippen molar-refractivity contribution in [3.63, 3.8) is 0 Å². The van der Waals surface area contributed by atoms with Gasteiger partial charge in [-0.1, -0.05) is 33.4 Å². The first-order chi connectivity index (χ1) is 8.64. The van der Waals surface area contributed by atoms with E-state index in [1.807, 2.05) is 0 Å². The zero-order valence-corrected chi connectivity index (χ0v) is 14.0. The number of hydrogen-bond donors (Lipinski definition) is 0. The standard InChI is InChI=1S/C15H28O3Si/c1-8-10-13(18-14(16)9-2)11-12-17-19(6,7)15(3,4)5/h8-9,13H,1-2,10-12H2,3-7H3/t13-/m0/s1. The van der Waals surface area contributed by atoms with E-state index in [-0.39, 0.29) is 17.1 Å². The summed E-state index contributed by atoms with van der Waals surface area (Å²) in [6.07, 6.45) is 4.10. The van der Waals surface area contributed by atoms with E-state index in [0.29, 0.717) is 19.4 Å². The van der Waals surface area contributed by atoms with Gasteiger partial charge in [0, 0.05) is 25.5 Å². The van der Waals surface area contributed by atoms with E-state index in [4.69, 9.17) is 9.16 Å². The second kappa shape index (κ2) is 7.65. The molecule has 0 fully saturated rings. The van der Waals surface area contributed by atoms with Crippen molar-refractivity contribution in [2.45, 2.75) is 57.8 Å². The molecule has 0 aromatic carbocycles. The van der Waals surface area contributed by atoms with Gasteiger partial charge in [0.2, 0.25) is 0 Å². The van der Waals surface area contributed by atoms with Gasteiger partial charge in [-0.15, -0.1) is 6.58 Å². The minimum Gasteiger partial charge on any atom is -0.459 e. The molecule has 1 atom stereocenters. The summed E-state index contributed by atoms with van der Waals surface area (Å²) in [6, 6.07) is 0. The van der Waals surface area contributed by atoms with Gasteiger partial charge in [0.25, 0.3) is 0 Å². The molecule has 0 heterocycles. The molecule has 0 saturated heterocycles. The van der Waals surface area contributed by atoms with Gasteiger partial charge in [0.1, 0.15) is 6.10 Å². The van der Waals surface area contributed by atoms with Crippen LogP contribution in [0.3, 0.4) is 0 Å². The quantitative estimate of drug-likeness (QED) is 0.292. The first-order valence-electron chi connectivity index (χ1n) is 6.72. The minimum absolute atomic E-state index is 0.173. The van der Waals surface area contributed by atoms with Crippen molar-refractivity contribution >= 4 is 14.3 Å². The molecule has 0 aromatic heterocycles. The molecule has 0 radical (unpaired) electrons. The van der Waals surface area contributed by atoms with Crippen LogP contribution in [0.5, 0.6) is 0 Å². The van der Waals surface area contributed by atoms with Gasteiger partial charge in [-0.2, -0.15) is 0 Å². The fraction of sp³-hybridized carbons (Fsp3) is 0.667. The number of rotatable bonds is 8. The van der Waals surface area contributed by atoms with E-state index in [9.17, 15) is 4.79 Å². The molecular formula is C15H28O3Si. The van der Waals surface area contributed by atoms with Gasteiger partial charge in [-0.25, -0.2) is 4.79 Å². The smallest absolute Gasteiger partial charge is 0.330 e. The maximum absolute atomic E-state index is 11.2. The normalized spacial score (nSPS) is 13.7. The highest BCUT2D eigenvalue weighted by Crippen LogP contribution is 2.36. The zero-order chi connectivity index (χ0) is 15.1. The molecular weight excluding hydrogens is 256 g/mol. The number of hydrogen-bond acceptors (Lipinski definition) is 3. The number of carbonyl (C=O) groups excluding carboxylic acids is 1. The molecule has 0 rings (SSSR count). The van der Waals surface area contributed by atoms with Crippen LogP contribution in [-0.4, -0.2) is 27.0 Å². The van der Waals surface area contributed by atoms with Crippen molar-refractivity contribution < 1.29 is 14.0 Å². The van der Waals surface area contributed by atoms with Gasteiger partial charge in [0.05, 0.1) is 0 Å². The average molecular weight is 284 g/mol. The predicted octanol–water partition coefficient (Wildman–Crippen LogP) is 4.07. The van der Waals surface area contributed by atoms with Crippen LogP contribution in [-0.2, 0) is 14.0 Å². The molecule has 0 aromatic rings. The molecule has 4 heteroatoms. The maximum atomic E-state index is 11.2. The van der Waals surface area contributed by atoms with E-state index < -0.39 is 8.32 Å². The largest absolute Gasteiger partial charge is 0.459 e. The summed E-state index contributed by atoms with van der Waals surface area (Å²) in [6.45, 7) is 18.7. The second-order valence-electron chi connectivity index (χ2n) is 6.18. The van der Waals surface area contributed by atoms with E-state index in [1.165, 1.54) is 6.08 Å². The molecule has 0 aliphatic rings. The summed E-state index contributed by atoms with van der Waals surface area (Å²) in [4.78, 5) is 11.2. The van der Waals surface area contributed by atoms with Gasteiger partial charge in [-0.3, -0.25) is 0 Å². The zero-order valence-electron chi connectivity index (χ0n) is 13.0. The van der Waals surface area contributed by atoms with E-state index >= 15 is 0 Å². The van der Waals surface area contributed by atoms with Crippen LogP contribution in [0, 0.1) is 0 Å². The van der Waals surface area contributed by atoms with E-state index in [1.54, 1.807) is 6.08 Å². The first-order valence-corrected chi connectivity index (χ1v) is 9.62. The lowest BCUT2D eigenvalue weighted by molar-refractivity contribution is -0.143. The highest BCUT2D eigenvalue weighted by Gasteiger charge is 2.37. The van der Waals surface area contributed by atoms with Crippen molar-refractivity contribution in [3.8, 4) is 0 Å². The Kier molecular flexibility index (Phi) is 7.30. The Balaban J connectivity index is 4.30. The SMILES string of the molecule is C=CC[C@@H](CCO[Si](C)(C)C(C)(C)C)OC(=O)C=C. The number of carbonyl (C=O) groups is 1. The molecule has 0 N–H and O–H groups in total. The van der Waals surface area contributed by atoms with Crippen molar-refractivity contribution in [2.75, 3.05) is 6.61 Å². The van der Waals surface area contributed by atoms with Gasteiger partial charge >= 0.3 is 5.97 Å². The highest BCUT2D eigenvalue weighted by atomic mass is 28.4. The Morgan fingerprint density at radius 1 is 1.32 bits per heavy atom. The third-order valence-electron chi connectivity index (χ3n) is 3.59. The van der Waals surface area contributed by atoms with Crippen molar-refractivity contribution in [1.29, 1.82) is 0 Å². The second-order valence-corrected chi connectivity index (χ2v) is 11.0. The Labute approximate surface area is 118 Å². The molecule has 0 amide bonds. The molecule has 0 spiro atoms. The molecule has 0 aliphatic heterocycles. The molecule has 0 unspecified atom stereocenters. The lowest BCUT2D eigenvalue weighted by Gasteiger charge is -2.36. The summed E-state index contributed by atoms with van der Waals surface area (Å²) in [5.74, 6) is -0.390. The highest BCUT2D eigenvalue weighted by molar-refractivity contribution is 6.74. The van der Waals surface area contributed by atoms with Gasteiger partial charge < -0.3 is 9.16 Å². The number of esters is 1. The molecule has 0 aliphatic carbocycles. The van der Waals surface area contributed by atoms with Gasteiger partial charge in [-0.05, 0) is 18.1 Å². The molecule has 0 saturated carbocycles. The summed E-state index contributed by atoms with van der Waals surface area (Å²) < 4.78 is 11.3. The van der Waals surface area contributed by atoms with Crippen LogP contribution in [0.2, 0.25) is 18.1 Å². The third-order valence-corrected chi connectivity index (χ3v) is 8.13. The summed E-state index contributed by atoms with van der Waals surface area (Å²) in [7, 11) is -1.73. The third kappa shape index (κ3) is 6.73. The van der Waals surface area contributed by atoms with Crippen LogP contribution in [0.25, 0.3) is 0 Å². The summed E-state index contributed by atoms with van der Waals surface area (Å²) >= 11 is 0. The fourth-order valence-electron chi connectivity index (χ4n) is 1.29. The first kappa shape index (κ1) is 18.1. The molecule has 19 heavy (non-hydrogen) atoms. The molecule has 3 nitrogen and oxygen atoms in total.